The second-order valence-corrected chi connectivity index (χ2v) is 10.6. The first-order valence-electron chi connectivity index (χ1n) is 11.0. The van der Waals surface area contributed by atoms with Gasteiger partial charge in [0.2, 0.25) is 11.5 Å². The number of pyridine rings is 1. The highest BCUT2D eigenvalue weighted by Crippen LogP contribution is 2.41. The van der Waals surface area contributed by atoms with Gasteiger partial charge in [0, 0.05) is 11.6 Å². The van der Waals surface area contributed by atoms with Gasteiger partial charge in [0.25, 0.3) is 0 Å². The van der Waals surface area contributed by atoms with E-state index in [4.69, 9.17) is 9.47 Å². The quantitative estimate of drug-likeness (QED) is 0.333. The van der Waals surface area contributed by atoms with Crippen molar-refractivity contribution in [2.75, 3.05) is 18.9 Å². The van der Waals surface area contributed by atoms with Crippen molar-refractivity contribution in [2.24, 2.45) is 0 Å². The Morgan fingerprint density at radius 1 is 1.03 bits per heavy atom. The van der Waals surface area contributed by atoms with Gasteiger partial charge in [-0.3, -0.25) is 9.36 Å². The minimum absolute atomic E-state index is 0.287. The van der Waals surface area contributed by atoms with E-state index in [0.717, 1.165) is 17.3 Å². The maximum atomic E-state index is 13.3. The molecule has 0 bridgehead atoms. The van der Waals surface area contributed by atoms with Gasteiger partial charge in [-0.25, -0.2) is 14.4 Å². The van der Waals surface area contributed by atoms with Crippen molar-refractivity contribution in [1.29, 1.82) is 0 Å². The van der Waals surface area contributed by atoms with Crippen LogP contribution in [0, 0.1) is 5.82 Å². The summed E-state index contributed by atoms with van der Waals surface area (Å²) < 4.78 is 29.6. The van der Waals surface area contributed by atoms with Crippen LogP contribution in [0.1, 0.15) is 19.7 Å². The first kappa shape index (κ1) is 25.6. The topological polar surface area (TPSA) is 120 Å². The van der Waals surface area contributed by atoms with E-state index in [1.54, 1.807) is 34.9 Å². The molecular formula is C25H26FN7O3S. The van der Waals surface area contributed by atoms with Crippen LogP contribution in [-0.4, -0.2) is 55.7 Å². The van der Waals surface area contributed by atoms with Crippen molar-refractivity contribution >= 4 is 32.7 Å². The number of allylic oxidation sites excluding steroid dienone is 2. The molecule has 0 unspecified atom stereocenters. The van der Waals surface area contributed by atoms with Crippen molar-refractivity contribution in [3.8, 4) is 28.7 Å². The number of nitrogens with zero attached hydrogens (tertiary/aromatic N) is 5. The highest BCUT2D eigenvalue weighted by atomic mass is 32.2. The molecule has 10 nitrogen and oxygen atoms in total. The fraction of sp³-hybridized carbons (Fsp3) is 0.160. The van der Waals surface area contributed by atoms with Crippen LogP contribution in [0.3, 0.4) is 0 Å². The van der Waals surface area contributed by atoms with E-state index < -0.39 is 15.2 Å². The molecular weight excluding hydrogens is 497 g/mol. The second-order valence-electron chi connectivity index (χ2n) is 8.01. The molecule has 0 saturated carbocycles. The fourth-order valence-corrected chi connectivity index (χ4v) is 4.89. The van der Waals surface area contributed by atoms with Crippen molar-refractivity contribution in [3.63, 3.8) is 0 Å². The number of nitrogens with one attached hydrogen (secondary N) is 2. The molecule has 0 fully saturated rings. The highest BCUT2D eigenvalue weighted by Gasteiger charge is 2.24. The minimum Gasteiger partial charge on any atom is -0.494 e. The number of benzene rings is 1. The largest absolute Gasteiger partial charge is 0.494 e. The number of hydrogen-bond donors (Lipinski definition) is 2. The van der Waals surface area contributed by atoms with Crippen molar-refractivity contribution in [3.05, 3.63) is 75.7 Å². The molecule has 3 heterocycles. The number of ether oxygens (including phenoxy) is 2. The molecule has 4 rings (SSSR count). The smallest absolute Gasteiger partial charge is 0.248 e. The Balaban J connectivity index is 1.91. The molecule has 0 aliphatic rings. The number of anilines is 1. The molecule has 0 aliphatic carbocycles. The number of H-pyrrole nitrogens is 1. The molecule has 0 saturated heterocycles. The molecule has 12 heteroatoms. The monoisotopic (exact) mass is 523 g/mol. The SMILES string of the molecule is C=S(=C)(Nc1nnc(-c2cccc(=O)[nH]2)n1-c1c(OC)cccc1OC)/C(C)=C(\C)c1ncc(F)cn1. The van der Waals surface area contributed by atoms with E-state index in [1.807, 2.05) is 13.8 Å². The molecule has 4 aromatic rings. The molecule has 192 valence electrons. The molecule has 3 aromatic heterocycles. The van der Waals surface area contributed by atoms with Gasteiger partial charge in [-0.15, -0.1) is 19.6 Å². The van der Waals surface area contributed by atoms with Gasteiger partial charge in [-0.2, -0.15) is 0 Å². The maximum absolute atomic E-state index is 13.3. The lowest BCUT2D eigenvalue weighted by atomic mass is 10.2. The van der Waals surface area contributed by atoms with Crippen LogP contribution in [0.15, 0.2) is 58.5 Å². The third kappa shape index (κ3) is 5.09. The summed E-state index contributed by atoms with van der Waals surface area (Å²) in [6, 6.07) is 10.1. The van der Waals surface area contributed by atoms with Crippen LogP contribution < -0.4 is 19.8 Å². The number of halogens is 1. The van der Waals surface area contributed by atoms with Gasteiger partial charge in [0.1, 0.15) is 17.2 Å². The van der Waals surface area contributed by atoms with Gasteiger partial charge >= 0.3 is 0 Å². The third-order valence-corrected chi connectivity index (χ3v) is 7.71. The summed E-state index contributed by atoms with van der Waals surface area (Å²) in [6.45, 7) is 3.67. The van der Waals surface area contributed by atoms with Crippen LogP contribution in [-0.2, 0) is 0 Å². The Morgan fingerprint density at radius 3 is 2.24 bits per heavy atom. The number of methoxy groups -OCH3 is 2. The molecule has 0 aliphatic heterocycles. The first-order valence-corrected chi connectivity index (χ1v) is 12.9. The zero-order valence-electron chi connectivity index (χ0n) is 20.8. The minimum atomic E-state index is -2.24. The van der Waals surface area contributed by atoms with Crippen molar-refractivity contribution in [2.45, 2.75) is 13.8 Å². The van der Waals surface area contributed by atoms with Crippen LogP contribution in [0.4, 0.5) is 10.3 Å². The van der Waals surface area contributed by atoms with E-state index in [1.165, 1.54) is 20.3 Å². The zero-order chi connectivity index (χ0) is 26.7. The van der Waals surface area contributed by atoms with Gasteiger partial charge in [-0.05, 0) is 37.0 Å². The lowest BCUT2D eigenvalue weighted by molar-refractivity contribution is 0.391. The summed E-state index contributed by atoms with van der Waals surface area (Å²) in [5.41, 5.74) is 1.34. The Labute approximate surface area is 213 Å². The fourth-order valence-electron chi connectivity index (χ4n) is 3.57. The predicted octanol–water partition coefficient (Wildman–Crippen LogP) is 4.02. The van der Waals surface area contributed by atoms with E-state index in [0.29, 0.717) is 40.1 Å². The van der Waals surface area contributed by atoms with Gasteiger partial charge in [0.15, 0.2) is 17.5 Å². The average Bonchev–Trinajstić information content (AvgIpc) is 3.29. The second kappa shape index (κ2) is 10.3. The Kier molecular flexibility index (Phi) is 7.11. The number of para-hydroxylation sites is 1. The standard InChI is InChI=1S/C25H26FN7O3S/c1-15(23-27-13-17(26)14-28-23)16(2)37(5,6)32-25-31-30-24(18-9-7-12-21(34)29-18)33(25)22-19(35-3)10-8-11-20(22)36-4/h7-14H,5-6H2,1-4H3,(H,29,34)(H,31,32)/b16-15+. The summed E-state index contributed by atoms with van der Waals surface area (Å²) in [5.74, 6) is 10.1. The van der Waals surface area contributed by atoms with E-state index in [-0.39, 0.29) is 11.5 Å². The maximum Gasteiger partial charge on any atom is 0.248 e. The molecule has 2 N–H and O–H groups in total. The van der Waals surface area contributed by atoms with Gasteiger partial charge < -0.3 is 19.2 Å². The molecule has 0 atom stereocenters. The highest BCUT2D eigenvalue weighted by molar-refractivity contribution is 8.31. The normalized spacial score (nSPS) is 12.1. The van der Waals surface area contributed by atoms with Gasteiger partial charge in [0.05, 0.1) is 32.3 Å². The van der Waals surface area contributed by atoms with Crippen LogP contribution in [0.2, 0.25) is 0 Å². The van der Waals surface area contributed by atoms with E-state index >= 15 is 0 Å². The van der Waals surface area contributed by atoms with Crippen LogP contribution in [0.5, 0.6) is 11.5 Å². The molecule has 1 aromatic carbocycles. The van der Waals surface area contributed by atoms with E-state index in [9.17, 15) is 9.18 Å². The summed E-state index contributed by atoms with van der Waals surface area (Å²) in [7, 11) is 0.839. The lowest BCUT2D eigenvalue weighted by Gasteiger charge is -2.22. The molecule has 37 heavy (non-hydrogen) atoms. The summed E-state index contributed by atoms with van der Waals surface area (Å²) >= 11 is 0. The predicted molar refractivity (Wildman–Crippen MR) is 146 cm³/mol. The number of hydrogen-bond acceptors (Lipinski definition) is 8. The Bertz CT molecular complexity index is 1620. The summed E-state index contributed by atoms with van der Waals surface area (Å²) in [6.07, 6.45) is 2.21. The lowest BCUT2D eigenvalue weighted by Crippen LogP contribution is -2.11. The summed E-state index contributed by atoms with van der Waals surface area (Å²) in [4.78, 5) is 23.8. The average molecular weight is 524 g/mol. The van der Waals surface area contributed by atoms with Crippen molar-refractivity contribution < 1.29 is 13.9 Å². The number of rotatable bonds is 8. The van der Waals surface area contributed by atoms with Crippen molar-refractivity contribution in [1.82, 2.24) is 29.7 Å². The molecule has 0 radical (unpaired) electrons. The molecule has 0 amide bonds. The van der Waals surface area contributed by atoms with Gasteiger partial charge in [-0.1, -0.05) is 23.9 Å². The zero-order valence-corrected chi connectivity index (χ0v) is 21.6. The first-order chi connectivity index (χ1) is 17.7. The Hall–Kier alpha value is -4.45. The van der Waals surface area contributed by atoms with Crippen LogP contribution in [0.25, 0.3) is 22.8 Å². The van der Waals surface area contributed by atoms with E-state index in [2.05, 4.69) is 41.6 Å². The van der Waals surface area contributed by atoms with Crippen LogP contribution >= 0.6 is 9.39 Å². The molecule has 0 spiro atoms. The third-order valence-electron chi connectivity index (χ3n) is 5.65. The summed E-state index contributed by atoms with van der Waals surface area (Å²) in [5, 5.41) is 8.72. The number of aromatic amines is 1. The number of aromatic nitrogens is 6. The Morgan fingerprint density at radius 2 is 1.65 bits per heavy atom.